The molecule has 1 aromatic heterocycles. The summed E-state index contributed by atoms with van der Waals surface area (Å²) in [5.41, 5.74) is 4.00. The van der Waals surface area contributed by atoms with Gasteiger partial charge in [-0.05, 0) is 70.5 Å². The largest absolute Gasteiger partial charge is 0.491 e. The number of ether oxygens (including phenoxy) is 1. The third kappa shape index (κ3) is 4.56. The molecule has 0 aliphatic rings. The second kappa shape index (κ2) is 8.90. The number of benzene rings is 2. The number of fused-ring (bicyclic) bond motifs is 1. The number of rotatable bonds is 6. The van der Waals surface area contributed by atoms with Crippen LogP contribution in [0.3, 0.4) is 0 Å². The van der Waals surface area contributed by atoms with Crippen molar-refractivity contribution in [3.05, 3.63) is 70.1 Å². The van der Waals surface area contributed by atoms with Crippen molar-refractivity contribution in [3.63, 3.8) is 0 Å². The first kappa shape index (κ1) is 21.2. The van der Waals surface area contributed by atoms with Gasteiger partial charge in [-0.1, -0.05) is 18.2 Å². The Morgan fingerprint density at radius 2 is 1.67 bits per heavy atom. The Bertz CT molecular complexity index is 1150. The SMILES string of the molecule is C/C(=N/NC(=O)c1nn(C(C)C)c(=O)c2ccccc12)c1ccc(OC(C)C)cc1. The Hall–Kier alpha value is -3.48. The molecule has 1 amide bonds. The van der Waals surface area contributed by atoms with E-state index in [0.29, 0.717) is 16.5 Å². The molecule has 7 nitrogen and oxygen atoms in total. The standard InChI is InChI=1S/C23H26N4O3/c1-14(2)27-23(29)20-9-7-6-8-19(20)21(26-27)22(28)25-24-16(5)17-10-12-18(13-11-17)30-15(3)4/h6-15H,1-5H3,(H,25,28)/b24-16-. The summed E-state index contributed by atoms with van der Waals surface area (Å²) in [5.74, 6) is 0.303. The molecule has 0 aliphatic heterocycles. The van der Waals surface area contributed by atoms with Crippen LogP contribution in [0.5, 0.6) is 5.75 Å². The molecular formula is C23H26N4O3. The Morgan fingerprint density at radius 3 is 2.27 bits per heavy atom. The van der Waals surface area contributed by atoms with E-state index in [1.54, 1.807) is 31.2 Å². The van der Waals surface area contributed by atoms with Gasteiger partial charge in [-0.3, -0.25) is 9.59 Å². The van der Waals surface area contributed by atoms with Crippen molar-refractivity contribution in [2.75, 3.05) is 0 Å². The maximum atomic E-state index is 12.8. The minimum atomic E-state index is -0.472. The number of carbonyl (C=O) groups is 1. The molecule has 0 bridgehead atoms. The van der Waals surface area contributed by atoms with E-state index in [2.05, 4.69) is 15.6 Å². The van der Waals surface area contributed by atoms with Gasteiger partial charge in [0.15, 0.2) is 5.69 Å². The molecule has 0 unspecified atom stereocenters. The van der Waals surface area contributed by atoms with Crippen molar-refractivity contribution in [3.8, 4) is 5.75 Å². The average Bonchev–Trinajstić information content (AvgIpc) is 2.72. The van der Waals surface area contributed by atoms with Crippen LogP contribution in [0.25, 0.3) is 10.8 Å². The van der Waals surface area contributed by atoms with Gasteiger partial charge < -0.3 is 4.74 Å². The summed E-state index contributed by atoms with van der Waals surface area (Å²) in [6.07, 6.45) is 0.0985. The highest BCUT2D eigenvalue weighted by atomic mass is 16.5. The quantitative estimate of drug-likeness (QED) is 0.497. The fourth-order valence-electron chi connectivity index (χ4n) is 3.02. The monoisotopic (exact) mass is 406 g/mol. The Labute approximate surface area is 175 Å². The summed E-state index contributed by atoms with van der Waals surface area (Å²) in [4.78, 5) is 25.5. The molecule has 7 heteroatoms. The second-order valence-corrected chi connectivity index (χ2v) is 7.57. The first-order valence-electron chi connectivity index (χ1n) is 9.91. The number of amides is 1. The number of nitrogens with zero attached hydrogens (tertiary/aromatic N) is 3. The van der Waals surface area contributed by atoms with Gasteiger partial charge in [-0.25, -0.2) is 10.1 Å². The van der Waals surface area contributed by atoms with Crippen molar-refractivity contribution in [2.24, 2.45) is 5.10 Å². The van der Waals surface area contributed by atoms with Gasteiger partial charge in [-0.2, -0.15) is 10.2 Å². The van der Waals surface area contributed by atoms with Crippen molar-refractivity contribution >= 4 is 22.4 Å². The van der Waals surface area contributed by atoms with Crippen LogP contribution in [0.1, 0.15) is 56.7 Å². The highest BCUT2D eigenvalue weighted by molar-refractivity contribution is 6.06. The van der Waals surface area contributed by atoms with Crippen LogP contribution in [0.2, 0.25) is 0 Å². The zero-order valence-corrected chi connectivity index (χ0v) is 17.8. The summed E-state index contributed by atoms with van der Waals surface area (Å²) < 4.78 is 6.96. The van der Waals surface area contributed by atoms with Gasteiger partial charge in [0.2, 0.25) is 0 Å². The fraction of sp³-hybridized carbons (Fsp3) is 0.304. The molecule has 1 heterocycles. The lowest BCUT2D eigenvalue weighted by molar-refractivity contribution is 0.0949. The van der Waals surface area contributed by atoms with Crippen molar-refractivity contribution < 1.29 is 9.53 Å². The maximum Gasteiger partial charge on any atom is 0.292 e. The van der Waals surface area contributed by atoms with E-state index in [4.69, 9.17) is 4.74 Å². The van der Waals surface area contributed by atoms with Crippen LogP contribution in [-0.4, -0.2) is 27.5 Å². The van der Waals surface area contributed by atoms with Crippen LogP contribution in [0.15, 0.2) is 58.4 Å². The molecule has 0 spiro atoms. The smallest absolute Gasteiger partial charge is 0.292 e. The Balaban J connectivity index is 1.88. The molecular weight excluding hydrogens is 380 g/mol. The third-order valence-corrected chi connectivity index (χ3v) is 4.50. The lowest BCUT2D eigenvalue weighted by atomic mass is 10.1. The topological polar surface area (TPSA) is 85.6 Å². The minimum absolute atomic E-state index is 0.0985. The fourth-order valence-corrected chi connectivity index (χ4v) is 3.02. The molecule has 0 saturated heterocycles. The summed E-state index contributed by atoms with van der Waals surface area (Å²) >= 11 is 0. The zero-order chi connectivity index (χ0) is 21.8. The number of aromatic nitrogens is 2. The molecule has 0 fully saturated rings. The van der Waals surface area contributed by atoms with Crippen molar-refractivity contribution in [1.29, 1.82) is 0 Å². The first-order valence-corrected chi connectivity index (χ1v) is 9.91. The molecule has 0 radical (unpaired) electrons. The molecule has 30 heavy (non-hydrogen) atoms. The van der Waals surface area contributed by atoms with Crippen LogP contribution >= 0.6 is 0 Å². The third-order valence-electron chi connectivity index (χ3n) is 4.50. The van der Waals surface area contributed by atoms with Gasteiger partial charge in [0.1, 0.15) is 5.75 Å². The van der Waals surface area contributed by atoms with E-state index >= 15 is 0 Å². The van der Waals surface area contributed by atoms with Gasteiger partial charge >= 0.3 is 0 Å². The van der Waals surface area contributed by atoms with Crippen LogP contribution in [0, 0.1) is 0 Å². The number of nitrogens with one attached hydrogen (secondary N) is 1. The van der Waals surface area contributed by atoms with E-state index in [1.165, 1.54) is 4.68 Å². The summed E-state index contributed by atoms with van der Waals surface area (Å²) in [7, 11) is 0. The number of hydrogen-bond donors (Lipinski definition) is 1. The minimum Gasteiger partial charge on any atom is -0.491 e. The number of hydrazone groups is 1. The van der Waals surface area contributed by atoms with E-state index in [0.717, 1.165) is 11.3 Å². The van der Waals surface area contributed by atoms with Crippen molar-refractivity contribution in [1.82, 2.24) is 15.2 Å². The van der Waals surface area contributed by atoms with E-state index in [1.807, 2.05) is 52.0 Å². The molecule has 3 aromatic rings. The van der Waals surface area contributed by atoms with Gasteiger partial charge in [0.25, 0.3) is 11.5 Å². The molecule has 0 aliphatic carbocycles. The molecule has 0 saturated carbocycles. The molecule has 3 rings (SSSR count). The Kier molecular flexibility index (Phi) is 6.30. The van der Waals surface area contributed by atoms with E-state index in [9.17, 15) is 9.59 Å². The normalized spacial score (nSPS) is 11.9. The van der Waals surface area contributed by atoms with Gasteiger partial charge in [0, 0.05) is 5.39 Å². The van der Waals surface area contributed by atoms with Gasteiger partial charge in [-0.15, -0.1) is 0 Å². The average molecular weight is 406 g/mol. The first-order chi connectivity index (χ1) is 14.3. The van der Waals surface area contributed by atoms with Crippen LogP contribution in [-0.2, 0) is 0 Å². The van der Waals surface area contributed by atoms with Gasteiger partial charge in [0.05, 0.1) is 23.2 Å². The predicted octanol–water partition coefficient (Wildman–Crippen LogP) is 3.92. The predicted molar refractivity (Wildman–Crippen MR) is 118 cm³/mol. The number of hydrogen-bond acceptors (Lipinski definition) is 5. The highest BCUT2D eigenvalue weighted by Gasteiger charge is 2.17. The summed E-state index contributed by atoms with van der Waals surface area (Å²) in [6, 6.07) is 14.3. The van der Waals surface area contributed by atoms with Crippen molar-refractivity contribution in [2.45, 2.75) is 46.8 Å². The molecule has 156 valence electrons. The van der Waals surface area contributed by atoms with E-state index < -0.39 is 5.91 Å². The Morgan fingerprint density at radius 1 is 1.03 bits per heavy atom. The lowest BCUT2D eigenvalue weighted by Gasteiger charge is -2.13. The molecule has 2 aromatic carbocycles. The zero-order valence-electron chi connectivity index (χ0n) is 17.8. The molecule has 1 N–H and O–H groups in total. The van der Waals surface area contributed by atoms with Crippen LogP contribution < -0.4 is 15.7 Å². The van der Waals surface area contributed by atoms with E-state index in [-0.39, 0.29) is 23.4 Å². The second-order valence-electron chi connectivity index (χ2n) is 7.57. The highest BCUT2D eigenvalue weighted by Crippen LogP contribution is 2.16. The summed E-state index contributed by atoms with van der Waals surface area (Å²) in [6.45, 7) is 9.44. The number of carbonyl (C=O) groups excluding carboxylic acids is 1. The van der Waals surface area contributed by atoms with Crippen LogP contribution in [0.4, 0.5) is 0 Å². The molecule has 0 atom stereocenters. The maximum absolute atomic E-state index is 12.8. The summed E-state index contributed by atoms with van der Waals surface area (Å²) in [5, 5.41) is 9.46. The lowest BCUT2D eigenvalue weighted by Crippen LogP contribution is -2.30.